The van der Waals surface area contributed by atoms with Crippen molar-refractivity contribution in [3.63, 3.8) is 0 Å². The molecule has 0 amide bonds. The third-order valence-electron chi connectivity index (χ3n) is 4.11. The van der Waals surface area contributed by atoms with Crippen LogP contribution in [0.15, 0.2) is 24.3 Å². The maximum absolute atomic E-state index is 12.2. The summed E-state index contributed by atoms with van der Waals surface area (Å²) in [6.07, 6.45) is 3.14. The van der Waals surface area contributed by atoms with Crippen molar-refractivity contribution >= 4 is 21.4 Å². The maximum atomic E-state index is 12.2. The van der Waals surface area contributed by atoms with Gasteiger partial charge in [0.15, 0.2) is 0 Å². The van der Waals surface area contributed by atoms with Crippen LogP contribution in [0.25, 0.3) is 0 Å². The molecular weight excluding hydrogens is 298 g/mol. The van der Waals surface area contributed by atoms with E-state index in [1.54, 1.807) is 4.31 Å². The summed E-state index contributed by atoms with van der Waals surface area (Å²) in [6, 6.07) is 7.85. The van der Waals surface area contributed by atoms with E-state index in [4.69, 9.17) is 0 Å². The van der Waals surface area contributed by atoms with E-state index in [0.29, 0.717) is 6.54 Å². The molecule has 22 heavy (non-hydrogen) atoms. The van der Waals surface area contributed by atoms with Gasteiger partial charge in [-0.1, -0.05) is 25.5 Å². The standard InChI is InChI=1S/C16H27N3O2S/c1-4-5-10-19(22(3,20)21)16-9-7-6-8-15(16)18-13-11-17(2)12-14-18/h6-9H,4-5,10-14H2,1-3H3. The van der Waals surface area contributed by atoms with E-state index < -0.39 is 10.0 Å². The van der Waals surface area contributed by atoms with Gasteiger partial charge in [-0.25, -0.2) is 8.42 Å². The van der Waals surface area contributed by atoms with Crippen LogP contribution >= 0.6 is 0 Å². The van der Waals surface area contributed by atoms with Gasteiger partial charge in [-0.2, -0.15) is 0 Å². The van der Waals surface area contributed by atoms with Crippen LogP contribution in [0.4, 0.5) is 11.4 Å². The Kier molecular flexibility index (Phi) is 5.69. The molecule has 0 radical (unpaired) electrons. The molecule has 5 nitrogen and oxygen atoms in total. The minimum Gasteiger partial charge on any atom is -0.367 e. The number of para-hydroxylation sites is 2. The van der Waals surface area contributed by atoms with E-state index in [-0.39, 0.29) is 0 Å². The largest absolute Gasteiger partial charge is 0.367 e. The summed E-state index contributed by atoms with van der Waals surface area (Å²) in [5, 5.41) is 0. The van der Waals surface area contributed by atoms with E-state index in [0.717, 1.165) is 50.4 Å². The monoisotopic (exact) mass is 325 g/mol. The molecule has 6 heteroatoms. The van der Waals surface area contributed by atoms with Crippen molar-refractivity contribution in [3.05, 3.63) is 24.3 Å². The van der Waals surface area contributed by atoms with Crippen LogP contribution in [0.5, 0.6) is 0 Å². The van der Waals surface area contributed by atoms with Crippen molar-refractivity contribution in [2.75, 3.05) is 55.2 Å². The van der Waals surface area contributed by atoms with Gasteiger partial charge in [0.1, 0.15) is 0 Å². The molecule has 1 heterocycles. The fourth-order valence-electron chi connectivity index (χ4n) is 2.76. The molecule has 0 spiro atoms. The first-order valence-electron chi connectivity index (χ1n) is 7.93. The van der Waals surface area contributed by atoms with Gasteiger partial charge >= 0.3 is 0 Å². The SMILES string of the molecule is CCCCN(c1ccccc1N1CCN(C)CC1)S(C)(=O)=O. The van der Waals surface area contributed by atoms with Crippen molar-refractivity contribution in [2.24, 2.45) is 0 Å². The highest BCUT2D eigenvalue weighted by Gasteiger charge is 2.23. The first kappa shape index (κ1) is 17.1. The van der Waals surface area contributed by atoms with Crippen LogP contribution in [0.3, 0.4) is 0 Å². The minimum atomic E-state index is -3.27. The number of anilines is 2. The lowest BCUT2D eigenvalue weighted by Crippen LogP contribution is -2.45. The number of piperazine rings is 1. The topological polar surface area (TPSA) is 43.9 Å². The molecule has 124 valence electrons. The summed E-state index contributed by atoms with van der Waals surface area (Å²) in [5.74, 6) is 0. The number of nitrogens with zero attached hydrogens (tertiary/aromatic N) is 3. The third-order valence-corrected chi connectivity index (χ3v) is 5.29. The van der Waals surface area contributed by atoms with Crippen molar-refractivity contribution in [3.8, 4) is 0 Å². The van der Waals surface area contributed by atoms with Crippen molar-refractivity contribution in [2.45, 2.75) is 19.8 Å². The molecule has 1 aliphatic rings. The Labute approximate surface area is 134 Å². The minimum absolute atomic E-state index is 0.542. The summed E-state index contributed by atoms with van der Waals surface area (Å²) in [5.41, 5.74) is 1.83. The molecule has 1 aromatic carbocycles. The molecule has 0 unspecified atom stereocenters. The van der Waals surface area contributed by atoms with Gasteiger partial charge in [-0.15, -0.1) is 0 Å². The Morgan fingerprint density at radius 2 is 1.77 bits per heavy atom. The number of hydrogen-bond donors (Lipinski definition) is 0. The average molecular weight is 325 g/mol. The molecule has 0 saturated carbocycles. The van der Waals surface area contributed by atoms with Crippen molar-refractivity contribution in [1.29, 1.82) is 0 Å². The maximum Gasteiger partial charge on any atom is 0.232 e. The molecule has 0 atom stereocenters. The molecule has 1 saturated heterocycles. The van der Waals surface area contributed by atoms with E-state index in [1.165, 1.54) is 6.26 Å². The zero-order chi connectivity index (χ0) is 16.2. The first-order chi connectivity index (χ1) is 10.4. The zero-order valence-electron chi connectivity index (χ0n) is 13.8. The smallest absolute Gasteiger partial charge is 0.232 e. The van der Waals surface area contributed by atoms with Crippen LogP contribution < -0.4 is 9.21 Å². The summed E-state index contributed by atoms with van der Waals surface area (Å²) in [6.45, 7) is 6.48. The Hall–Kier alpha value is -1.27. The Bertz CT molecular complexity index is 581. The molecule has 1 aliphatic heterocycles. The Morgan fingerprint density at radius 3 is 2.36 bits per heavy atom. The first-order valence-corrected chi connectivity index (χ1v) is 9.78. The van der Waals surface area contributed by atoms with Crippen LogP contribution in [-0.2, 0) is 10.0 Å². The number of rotatable bonds is 6. The van der Waals surface area contributed by atoms with Gasteiger partial charge < -0.3 is 9.80 Å². The number of sulfonamides is 1. The van der Waals surface area contributed by atoms with Crippen molar-refractivity contribution in [1.82, 2.24) is 4.90 Å². The molecule has 2 rings (SSSR count). The van der Waals surface area contributed by atoms with E-state index >= 15 is 0 Å². The second-order valence-corrected chi connectivity index (χ2v) is 7.87. The van der Waals surface area contributed by atoms with Gasteiger partial charge in [-0.3, -0.25) is 4.31 Å². The van der Waals surface area contributed by atoms with Gasteiger partial charge in [0.05, 0.1) is 17.6 Å². The predicted molar refractivity (Wildman–Crippen MR) is 93.2 cm³/mol. The van der Waals surface area contributed by atoms with Gasteiger partial charge in [0.2, 0.25) is 10.0 Å². The summed E-state index contributed by atoms with van der Waals surface area (Å²) in [7, 11) is -1.15. The lowest BCUT2D eigenvalue weighted by Gasteiger charge is -2.36. The van der Waals surface area contributed by atoms with Crippen LogP contribution in [-0.4, -0.2) is 59.3 Å². The highest BCUT2D eigenvalue weighted by atomic mass is 32.2. The quantitative estimate of drug-likeness (QED) is 0.802. The Balaban J connectivity index is 2.32. The lowest BCUT2D eigenvalue weighted by molar-refractivity contribution is 0.313. The van der Waals surface area contributed by atoms with E-state index in [9.17, 15) is 8.42 Å². The van der Waals surface area contributed by atoms with Crippen LogP contribution in [0, 0.1) is 0 Å². The van der Waals surface area contributed by atoms with E-state index in [1.807, 2.05) is 24.3 Å². The third kappa shape index (κ3) is 4.14. The number of unbranched alkanes of at least 4 members (excludes halogenated alkanes) is 1. The molecule has 0 bridgehead atoms. The molecule has 0 aromatic heterocycles. The summed E-state index contributed by atoms with van der Waals surface area (Å²) in [4.78, 5) is 4.59. The fraction of sp³-hybridized carbons (Fsp3) is 0.625. The molecule has 1 fully saturated rings. The highest BCUT2D eigenvalue weighted by molar-refractivity contribution is 7.92. The normalized spacial score (nSPS) is 16.8. The fourth-order valence-corrected chi connectivity index (χ4v) is 3.73. The van der Waals surface area contributed by atoms with Crippen LogP contribution in [0.1, 0.15) is 19.8 Å². The van der Waals surface area contributed by atoms with Gasteiger partial charge in [0, 0.05) is 32.7 Å². The van der Waals surface area contributed by atoms with Crippen LogP contribution in [0.2, 0.25) is 0 Å². The average Bonchev–Trinajstić information content (AvgIpc) is 2.48. The summed E-state index contributed by atoms with van der Waals surface area (Å²) >= 11 is 0. The zero-order valence-corrected chi connectivity index (χ0v) is 14.6. The molecule has 0 N–H and O–H groups in total. The molecule has 1 aromatic rings. The second-order valence-electron chi connectivity index (χ2n) is 5.97. The van der Waals surface area contributed by atoms with Gasteiger partial charge in [-0.05, 0) is 25.6 Å². The second kappa shape index (κ2) is 7.33. The summed E-state index contributed by atoms with van der Waals surface area (Å²) < 4.78 is 26.0. The van der Waals surface area contributed by atoms with Crippen molar-refractivity contribution < 1.29 is 8.42 Å². The molecular formula is C16H27N3O2S. The number of hydrogen-bond acceptors (Lipinski definition) is 4. The predicted octanol–water partition coefficient (Wildman–Crippen LogP) is 2.00. The van der Waals surface area contributed by atoms with Gasteiger partial charge in [0.25, 0.3) is 0 Å². The molecule has 0 aliphatic carbocycles. The highest BCUT2D eigenvalue weighted by Crippen LogP contribution is 2.31. The van der Waals surface area contributed by atoms with E-state index in [2.05, 4.69) is 23.8 Å². The number of likely N-dealkylation sites (N-methyl/N-ethyl adjacent to an activating group) is 1. The lowest BCUT2D eigenvalue weighted by atomic mass is 10.2. The number of benzene rings is 1. The Morgan fingerprint density at radius 1 is 1.14 bits per heavy atom.